The van der Waals surface area contributed by atoms with Gasteiger partial charge in [0.1, 0.15) is 18.5 Å². The number of allylic oxidation sites excluding steroid dienone is 2. The normalized spacial score (nSPS) is 12.2. The van der Waals surface area contributed by atoms with Crippen LogP contribution in [0.4, 0.5) is 0 Å². The van der Waals surface area contributed by atoms with Crippen molar-refractivity contribution in [2.24, 2.45) is 10.7 Å². The van der Waals surface area contributed by atoms with Crippen molar-refractivity contribution in [3.05, 3.63) is 11.8 Å². The number of rotatable bonds is 5. The van der Waals surface area contributed by atoms with Gasteiger partial charge in [-0.05, 0) is 19.9 Å². The lowest BCUT2D eigenvalue weighted by atomic mass is 10.4. The van der Waals surface area contributed by atoms with Crippen LogP contribution in [0.15, 0.2) is 16.8 Å². The van der Waals surface area contributed by atoms with E-state index in [-0.39, 0.29) is 6.73 Å². The Kier molecular flexibility index (Phi) is 7.76. The lowest BCUT2D eigenvalue weighted by Crippen LogP contribution is -2.41. The molecule has 0 aliphatic heterocycles. The highest BCUT2D eigenvalue weighted by molar-refractivity contribution is 5.81. The Morgan fingerprint density at radius 1 is 1.47 bits per heavy atom. The number of nitrogens with zero attached hydrogens (tertiary/aromatic N) is 4. The molecule has 17 heavy (non-hydrogen) atoms. The van der Waals surface area contributed by atoms with E-state index >= 15 is 0 Å². The quantitative estimate of drug-likeness (QED) is 0.303. The molecule has 0 heterocycles. The molecule has 0 unspecified atom stereocenters. The van der Waals surface area contributed by atoms with Crippen molar-refractivity contribution in [2.45, 2.75) is 13.3 Å². The van der Waals surface area contributed by atoms with E-state index in [1.807, 2.05) is 18.0 Å². The Hall–Kier alpha value is -1.58. The molecule has 0 aliphatic rings. The summed E-state index contributed by atoms with van der Waals surface area (Å²) in [4.78, 5) is 7.64. The van der Waals surface area contributed by atoms with Crippen molar-refractivity contribution in [3.63, 3.8) is 0 Å². The number of nitriles is 1. The fourth-order valence-electron chi connectivity index (χ4n) is 1.22. The van der Waals surface area contributed by atoms with Crippen LogP contribution in [0.2, 0.25) is 0 Å². The Morgan fingerprint density at radius 2 is 2.12 bits per heavy atom. The Morgan fingerprint density at radius 3 is 2.53 bits per heavy atom. The van der Waals surface area contributed by atoms with Crippen LogP contribution in [0.5, 0.6) is 0 Å². The number of guanidine groups is 1. The number of aliphatic imine (C=N–C) groups is 1. The second-order valence-electron chi connectivity index (χ2n) is 3.60. The Bertz CT molecular complexity index is 318. The topological polar surface area (TPSA) is 88.9 Å². The summed E-state index contributed by atoms with van der Waals surface area (Å²) in [6.07, 6.45) is 2.45. The predicted molar refractivity (Wildman–Crippen MR) is 68.0 cm³/mol. The van der Waals surface area contributed by atoms with E-state index in [2.05, 4.69) is 4.99 Å². The second kappa shape index (κ2) is 8.56. The van der Waals surface area contributed by atoms with Crippen molar-refractivity contribution in [1.29, 1.82) is 5.26 Å². The maximum atomic E-state index is 9.13. The van der Waals surface area contributed by atoms with Crippen LogP contribution in [0, 0.1) is 11.3 Å². The molecule has 0 aromatic carbocycles. The molecule has 3 N–H and O–H groups in total. The molecule has 0 fully saturated rings. The highest BCUT2D eigenvalue weighted by Crippen LogP contribution is 2.02. The standard InChI is InChI=1S/C11H21N5O/c1-4-10(8-13)14-11(16(3)9-17)15(2)7-5-6-12/h4,17H,5-7,9,12H2,1-3H3/b10-4+,14-11?. The van der Waals surface area contributed by atoms with Crippen molar-refractivity contribution in [1.82, 2.24) is 9.80 Å². The van der Waals surface area contributed by atoms with Crippen LogP contribution in [0.25, 0.3) is 0 Å². The predicted octanol–water partition coefficient (Wildman–Crippen LogP) is -0.0680. The first-order valence-electron chi connectivity index (χ1n) is 5.49. The maximum Gasteiger partial charge on any atom is 0.203 e. The van der Waals surface area contributed by atoms with Gasteiger partial charge in [0.2, 0.25) is 5.96 Å². The maximum absolute atomic E-state index is 9.13. The van der Waals surface area contributed by atoms with Gasteiger partial charge in [-0.25, -0.2) is 4.99 Å². The SMILES string of the molecule is C/C=C(\C#N)N=C(N(C)CO)N(C)CCCN. The zero-order chi connectivity index (χ0) is 13.3. The molecule has 96 valence electrons. The van der Waals surface area contributed by atoms with Gasteiger partial charge in [0.25, 0.3) is 0 Å². The second-order valence-corrected chi connectivity index (χ2v) is 3.60. The first kappa shape index (κ1) is 15.4. The largest absolute Gasteiger partial charge is 0.376 e. The number of hydrogen-bond donors (Lipinski definition) is 2. The van der Waals surface area contributed by atoms with Gasteiger partial charge < -0.3 is 20.6 Å². The van der Waals surface area contributed by atoms with Gasteiger partial charge in [0.15, 0.2) is 0 Å². The van der Waals surface area contributed by atoms with Gasteiger partial charge in [-0.15, -0.1) is 0 Å². The minimum atomic E-state index is -0.159. The smallest absolute Gasteiger partial charge is 0.203 e. The van der Waals surface area contributed by atoms with Crippen LogP contribution in [0.3, 0.4) is 0 Å². The number of aliphatic hydroxyl groups excluding tert-OH is 1. The third-order valence-corrected chi connectivity index (χ3v) is 2.20. The summed E-state index contributed by atoms with van der Waals surface area (Å²) >= 11 is 0. The lowest BCUT2D eigenvalue weighted by molar-refractivity contribution is 0.177. The molecule has 0 spiro atoms. The van der Waals surface area contributed by atoms with Gasteiger partial charge in [-0.2, -0.15) is 5.26 Å². The molecule has 6 heteroatoms. The van der Waals surface area contributed by atoms with E-state index < -0.39 is 0 Å². The van der Waals surface area contributed by atoms with Crippen molar-refractivity contribution in [3.8, 4) is 6.07 Å². The Balaban J connectivity index is 4.94. The highest BCUT2D eigenvalue weighted by atomic mass is 16.3. The summed E-state index contributed by atoms with van der Waals surface area (Å²) < 4.78 is 0. The summed E-state index contributed by atoms with van der Waals surface area (Å²) in [5.74, 6) is 0.551. The van der Waals surface area contributed by atoms with Crippen LogP contribution in [0.1, 0.15) is 13.3 Å². The fraction of sp³-hybridized carbons (Fsp3) is 0.636. The lowest BCUT2D eigenvalue weighted by Gasteiger charge is -2.27. The average Bonchev–Trinajstić information content (AvgIpc) is 2.36. The molecular formula is C11H21N5O. The summed E-state index contributed by atoms with van der Waals surface area (Å²) in [6, 6.07) is 1.99. The molecule has 0 radical (unpaired) electrons. The van der Waals surface area contributed by atoms with E-state index in [9.17, 15) is 0 Å². The van der Waals surface area contributed by atoms with Crippen LogP contribution >= 0.6 is 0 Å². The van der Waals surface area contributed by atoms with Gasteiger partial charge in [-0.3, -0.25) is 0 Å². The molecule has 0 bridgehead atoms. The fourth-order valence-corrected chi connectivity index (χ4v) is 1.22. The molecule has 0 saturated carbocycles. The van der Waals surface area contributed by atoms with Crippen molar-refractivity contribution in [2.75, 3.05) is 33.9 Å². The molecule has 0 rings (SSSR count). The van der Waals surface area contributed by atoms with E-state index in [1.54, 1.807) is 24.9 Å². The number of aliphatic hydroxyl groups is 1. The van der Waals surface area contributed by atoms with E-state index in [4.69, 9.17) is 16.1 Å². The van der Waals surface area contributed by atoms with Crippen LogP contribution < -0.4 is 5.73 Å². The minimum Gasteiger partial charge on any atom is -0.376 e. The zero-order valence-corrected chi connectivity index (χ0v) is 10.7. The molecule has 0 saturated heterocycles. The summed E-state index contributed by atoms with van der Waals surface area (Å²) in [5, 5.41) is 18.0. The van der Waals surface area contributed by atoms with E-state index in [1.165, 1.54) is 0 Å². The van der Waals surface area contributed by atoms with Crippen LogP contribution in [-0.4, -0.2) is 54.8 Å². The third-order valence-electron chi connectivity index (χ3n) is 2.20. The average molecular weight is 239 g/mol. The molecule has 0 aromatic heterocycles. The zero-order valence-electron chi connectivity index (χ0n) is 10.7. The third kappa shape index (κ3) is 5.33. The first-order chi connectivity index (χ1) is 8.10. The number of hydrogen-bond acceptors (Lipinski definition) is 4. The van der Waals surface area contributed by atoms with Crippen molar-refractivity contribution >= 4 is 5.96 Å². The van der Waals surface area contributed by atoms with Gasteiger partial charge >= 0.3 is 0 Å². The van der Waals surface area contributed by atoms with Gasteiger partial charge in [0.05, 0.1) is 0 Å². The highest BCUT2D eigenvalue weighted by Gasteiger charge is 2.11. The molecule has 6 nitrogen and oxygen atoms in total. The van der Waals surface area contributed by atoms with Crippen LogP contribution in [-0.2, 0) is 0 Å². The molecule has 0 atom stereocenters. The minimum absolute atomic E-state index is 0.159. The molecule has 0 aliphatic carbocycles. The first-order valence-corrected chi connectivity index (χ1v) is 5.49. The summed E-state index contributed by atoms with van der Waals surface area (Å²) in [5.41, 5.74) is 5.77. The van der Waals surface area contributed by atoms with Gasteiger partial charge in [0, 0.05) is 20.6 Å². The van der Waals surface area contributed by atoms with Gasteiger partial charge in [-0.1, -0.05) is 6.08 Å². The summed E-state index contributed by atoms with van der Waals surface area (Å²) in [6.45, 7) is 2.91. The molecular weight excluding hydrogens is 218 g/mol. The molecule has 0 amide bonds. The number of nitrogens with two attached hydrogens (primary N) is 1. The molecule has 0 aromatic rings. The monoisotopic (exact) mass is 239 g/mol. The van der Waals surface area contributed by atoms with Crippen molar-refractivity contribution < 1.29 is 5.11 Å². The Labute approximate surface area is 103 Å². The van der Waals surface area contributed by atoms with E-state index in [0.29, 0.717) is 18.2 Å². The summed E-state index contributed by atoms with van der Waals surface area (Å²) in [7, 11) is 3.56. The van der Waals surface area contributed by atoms with E-state index in [0.717, 1.165) is 13.0 Å².